The third-order valence-electron chi connectivity index (χ3n) is 3.60. The van der Waals surface area contributed by atoms with Crippen molar-refractivity contribution in [2.45, 2.75) is 0 Å². The summed E-state index contributed by atoms with van der Waals surface area (Å²) in [5.41, 5.74) is 2.01. The molecule has 0 atom stereocenters. The van der Waals surface area contributed by atoms with E-state index in [9.17, 15) is 9.59 Å². The molecule has 0 radical (unpaired) electrons. The number of anilines is 1. The third kappa shape index (κ3) is 3.35. The lowest BCUT2D eigenvalue weighted by molar-refractivity contribution is 0.102. The van der Waals surface area contributed by atoms with Crippen molar-refractivity contribution < 1.29 is 9.53 Å². The van der Waals surface area contributed by atoms with E-state index in [-0.39, 0.29) is 11.5 Å². The first kappa shape index (κ1) is 15.6. The number of aromatic nitrogens is 1. The first-order valence-electron chi connectivity index (χ1n) is 7.41. The number of carbonyl (C=O) groups excluding carboxylic acids is 1. The Balaban J connectivity index is 1.86. The SMILES string of the molecule is COc1ccc(NC(=O)c2c[nH]c(=O)c(-c3ccccc3)c2)cc1. The van der Waals surface area contributed by atoms with E-state index in [2.05, 4.69) is 10.3 Å². The number of H-pyrrole nitrogens is 1. The van der Waals surface area contributed by atoms with E-state index >= 15 is 0 Å². The second-order valence-electron chi connectivity index (χ2n) is 5.18. The number of carbonyl (C=O) groups is 1. The van der Waals surface area contributed by atoms with E-state index in [0.29, 0.717) is 22.6 Å². The molecule has 0 unspecified atom stereocenters. The fourth-order valence-corrected chi connectivity index (χ4v) is 2.32. The van der Waals surface area contributed by atoms with Gasteiger partial charge in [-0.25, -0.2) is 0 Å². The van der Waals surface area contributed by atoms with Crippen molar-refractivity contribution in [1.82, 2.24) is 4.98 Å². The molecule has 3 aromatic rings. The van der Waals surface area contributed by atoms with Crippen LogP contribution in [0.1, 0.15) is 10.4 Å². The van der Waals surface area contributed by atoms with Crippen LogP contribution in [0.2, 0.25) is 0 Å². The van der Waals surface area contributed by atoms with Crippen molar-refractivity contribution in [3.63, 3.8) is 0 Å². The molecule has 0 aliphatic carbocycles. The van der Waals surface area contributed by atoms with E-state index < -0.39 is 0 Å². The van der Waals surface area contributed by atoms with Crippen LogP contribution in [0.3, 0.4) is 0 Å². The van der Waals surface area contributed by atoms with Crippen molar-refractivity contribution in [1.29, 1.82) is 0 Å². The van der Waals surface area contributed by atoms with Crippen LogP contribution < -0.4 is 15.6 Å². The van der Waals surface area contributed by atoms with Gasteiger partial charge in [0.15, 0.2) is 0 Å². The predicted octanol–water partition coefficient (Wildman–Crippen LogP) is 3.30. The summed E-state index contributed by atoms with van der Waals surface area (Å²) in [6.45, 7) is 0. The third-order valence-corrected chi connectivity index (χ3v) is 3.60. The van der Waals surface area contributed by atoms with E-state index in [4.69, 9.17) is 4.74 Å². The Morgan fingerprint density at radius 3 is 2.42 bits per heavy atom. The summed E-state index contributed by atoms with van der Waals surface area (Å²) < 4.78 is 5.08. The number of nitrogens with one attached hydrogen (secondary N) is 2. The quantitative estimate of drug-likeness (QED) is 0.775. The number of benzene rings is 2. The average Bonchev–Trinajstić information content (AvgIpc) is 2.63. The highest BCUT2D eigenvalue weighted by Crippen LogP contribution is 2.18. The maximum Gasteiger partial charge on any atom is 0.257 e. The zero-order chi connectivity index (χ0) is 16.9. The summed E-state index contributed by atoms with van der Waals surface area (Å²) in [5.74, 6) is 0.414. The highest BCUT2D eigenvalue weighted by Gasteiger charge is 2.10. The van der Waals surface area contributed by atoms with Gasteiger partial charge in [0.05, 0.1) is 12.7 Å². The van der Waals surface area contributed by atoms with Gasteiger partial charge in [-0.15, -0.1) is 0 Å². The number of ether oxygens (including phenoxy) is 1. The largest absolute Gasteiger partial charge is 0.497 e. The van der Waals surface area contributed by atoms with Crippen molar-refractivity contribution in [3.05, 3.63) is 82.8 Å². The number of aromatic amines is 1. The summed E-state index contributed by atoms with van der Waals surface area (Å²) in [4.78, 5) is 27.0. The lowest BCUT2D eigenvalue weighted by atomic mass is 10.1. The topological polar surface area (TPSA) is 71.2 Å². The zero-order valence-corrected chi connectivity index (χ0v) is 13.1. The molecule has 1 amide bonds. The number of pyridine rings is 1. The Morgan fingerprint density at radius 1 is 1.04 bits per heavy atom. The molecule has 0 aliphatic heterocycles. The van der Waals surface area contributed by atoms with Crippen LogP contribution >= 0.6 is 0 Å². The Hall–Kier alpha value is -3.34. The number of rotatable bonds is 4. The maximum atomic E-state index is 12.4. The minimum atomic E-state index is -0.298. The first-order valence-corrected chi connectivity index (χ1v) is 7.41. The molecular weight excluding hydrogens is 304 g/mol. The Morgan fingerprint density at radius 2 is 1.75 bits per heavy atom. The molecule has 0 bridgehead atoms. The fraction of sp³-hybridized carbons (Fsp3) is 0.0526. The van der Waals surface area contributed by atoms with Crippen LogP contribution in [0, 0.1) is 0 Å². The number of amides is 1. The lowest BCUT2D eigenvalue weighted by Crippen LogP contribution is -2.16. The summed E-state index contributed by atoms with van der Waals surface area (Å²) in [5, 5.41) is 2.79. The highest BCUT2D eigenvalue weighted by molar-refractivity contribution is 6.04. The maximum absolute atomic E-state index is 12.4. The molecule has 24 heavy (non-hydrogen) atoms. The molecule has 5 heteroatoms. The van der Waals surface area contributed by atoms with Gasteiger partial charge in [0.25, 0.3) is 11.5 Å². The van der Waals surface area contributed by atoms with Gasteiger partial charge >= 0.3 is 0 Å². The van der Waals surface area contributed by atoms with E-state index in [0.717, 1.165) is 5.56 Å². The smallest absolute Gasteiger partial charge is 0.257 e. The van der Waals surface area contributed by atoms with Crippen molar-refractivity contribution in [3.8, 4) is 16.9 Å². The van der Waals surface area contributed by atoms with Gasteiger partial charge in [-0.3, -0.25) is 9.59 Å². The Kier molecular flexibility index (Phi) is 4.43. The van der Waals surface area contributed by atoms with Gasteiger partial charge < -0.3 is 15.0 Å². The van der Waals surface area contributed by atoms with Crippen molar-refractivity contribution >= 4 is 11.6 Å². The van der Waals surface area contributed by atoms with Gasteiger partial charge in [-0.1, -0.05) is 30.3 Å². The van der Waals surface area contributed by atoms with Crippen molar-refractivity contribution in [2.75, 3.05) is 12.4 Å². The van der Waals surface area contributed by atoms with Crippen LogP contribution in [0.4, 0.5) is 5.69 Å². The van der Waals surface area contributed by atoms with Crippen LogP contribution in [-0.4, -0.2) is 18.0 Å². The summed E-state index contributed by atoms with van der Waals surface area (Å²) >= 11 is 0. The van der Waals surface area contributed by atoms with Crippen molar-refractivity contribution in [2.24, 2.45) is 0 Å². The second-order valence-corrected chi connectivity index (χ2v) is 5.18. The molecule has 0 saturated carbocycles. The molecule has 0 aliphatic rings. The molecule has 1 aromatic heterocycles. The number of hydrogen-bond acceptors (Lipinski definition) is 3. The highest BCUT2D eigenvalue weighted by atomic mass is 16.5. The van der Waals surface area contributed by atoms with Crippen LogP contribution in [0.15, 0.2) is 71.7 Å². The molecule has 2 aromatic carbocycles. The fourth-order valence-electron chi connectivity index (χ4n) is 2.32. The predicted molar refractivity (Wildman–Crippen MR) is 93.4 cm³/mol. The second kappa shape index (κ2) is 6.83. The summed E-state index contributed by atoms with van der Waals surface area (Å²) in [6.07, 6.45) is 1.41. The molecule has 3 rings (SSSR count). The monoisotopic (exact) mass is 320 g/mol. The molecule has 0 fully saturated rings. The van der Waals surface area contributed by atoms with Crippen LogP contribution in [0.25, 0.3) is 11.1 Å². The lowest BCUT2D eigenvalue weighted by Gasteiger charge is -2.07. The minimum absolute atomic E-state index is 0.234. The molecule has 120 valence electrons. The minimum Gasteiger partial charge on any atom is -0.497 e. The van der Waals surface area contributed by atoms with Crippen LogP contribution in [0.5, 0.6) is 5.75 Å². The summed E-state index contributed by atoms with van der Waals surface area (Å²) in [7, 11) is 1.58. The summed E-state index contributed by atoms with van der Waals surface area (Å²) in [6, 6.07) is 17.8. The number of hydrogen-bond donors (Lipinski definition) is 2. The average molecular weight is 320 g/mol. The first-order chi connectivity index (χ1) is 11.7. The van der Waals surface area contributed by atoms with Gasteiger partial charge in [-0.05, 0) is 35.9 Å². The molecular formula is C19H16N2O3. The molecule has 1 heterocycles. The Bertz CT molecular complexity index is 900. The molecule has 0 spiro atoms. The van der Waals surface area contributed by atoms with Gasteiger partial charge in [-0.2, -0.15) is 0 Å². The van der Waals surface area contributed by atoms with Gasteiger partial charge in [0.1, 0.15) is 5.75 Å². The Labute approximate surface area is 138 Å². The van der Waals surface area contributed by atoms with Gasteiger partial charge in [0, 0.05) is 17.4 Å². The number of methoxy groups -OCH3 is 1. The molecule has 2 N–H and O–H groups in total. The van der Waals surface area contributed by atoms with E-state index in [1.54, 1.807) is 37.4 Å². The molecule has 0 saturated heterocycles. The van der Waals surface area contributed by atoms with E-state index in [1.165, 1.54) is 6.20 Å². The standard InChI is InChI=1S/C19H16N2O3/c1-24-16-9-7-15(8-10-16)21-18(22)14-11-17(19(23)20-12-14)13-5-3-2-4-6-13/h2-12H,1H3,(H,20,23)(H,21,22). The molecule has 5 nitrogen and oxygen atoms in total. The van der Waals surface area contributed by atoms with E-state index in [1.807, 2.05) is 30.3 Å². The van der Waals surface area contributed by atoms with Crippen LogP contribution in [-0.2, 0) is 0 Å². The van der Waals surface area contributed by atoms with Gasteiger partial charge in [0.2, 0.25) is 0 Å². The zero-order valence-electron chi connectivity index (χ0n) is 13.1. The normalized spacial score (nSPS) is 10.2.